The van der Waals surface area contributed by atoms with E-state index in [0.717, 1.165) is 25.7 Å². The lowest BCUT2D eigenvalue weighted by molar-refractivity contribution is 0.281. The highest BCUT2D eigenvalue weighted by atomic mass is 35.5. The third-order valence-electron chi connectivity index (χ3n) is 3.48. The molecule has 1 aliphatic rings. The molecule has 0 spiro atoms. The number of aliphatic hydroxyl groups is 1. The van der Waals surface area contributed by atoms with Crippen LogP contribution in [-0.4, -0.2) is 30.4 Å². The molecule has 1 aromatic carbocycles. The zero-order chi connectivity index (χ0) is 14.8. The Labute approximate surface area is 125 Å². The van der Waals surface area contributed by atoms with Gasteiger partial charge in [0.05, 0.1) is 11.5 Å². The second-order valence-electron chi connectivity index (χ2n) is 5.11. The number of hydrogen-bond acceptors (Lipinski definition) is 3. The first-order valence-electron chi connectivity index (χ1n) is 6.91. The maximum atomic E-state index is 12.7. The fourth-order valence-electron chi connectivity index (χ4n) is 2.14. The fraction of sp³-hybridized carbons (Fsp3) is 0.571. The predicted octanol–water partition coefficient (Wildman–Crippen LogP) is 2.79. The Morgan fingerprint density at radius 2 is 2.10 bits per heavy atom. The van der Waals surface area contributed by atoms with E-state index < -0.39 is 10.0 Å². The van der Waals surface area contributed by atoms with E-state index in [2.05, 4.69) is 0 Å². The fourth-order valence-corrected chi connectivity index (χ4v) is 4.10. The summed E-state index contributed by atoms with van der Waals surface area (Å²) in [4.78, 5) is 0.217. The van der Waals surface area contributed by atoms with Crippen molar-refractivity contribution in [2.75, 3.05) is 6.54 Å². The van der Waals surface area contributed by atoms with Crippen LogP contribution in [0.5, 0.6) is 0 Å². The Bertz CT molecular complexity index is 570. The van der Waals surface area contributed by atoms with E-state index in [-0.39, 0.29) is 17.5 Å². The van der Waals surface area contributed by atoms with Crippen LogP contribution in [0, 0.1) is 0 Å². The van der Waals surface area contributed by atoms with Crippen LogP contribution in [0.4, 0.5) is 0 Å². The van der Waals surface area contributed by atoms with Gasteiger partial charge in [-0.1, -0.05) is 24.9 Å². The summed E-state index contributed by atoms with van der Waals surface area (Å²) >= 11 is 5.92. The summed E-state index contributed by atoms with van der Waals surface area (Å²) in [6, 6.07) is 4.65. The molecule has 2 rings (SSSR count). The van der Waals surface area contributed by atoms with Gasteiger partial charge < -0.3 is 5.11 Å². The third kappa shape index (κ3) is 3.34. The van der Waals surface area contributed by atoms with Gasteiger partial charge in [-0.25, -0.2) is 8.42 Å². The minimum Gasteiger partial charge on any atom is -0.392 e. The van der Waals surface area contributed by atoms with Gasteiger partial charge in [-0.05, 0) is 43.0 Å². The minimum atomic E-state index is -3.50. The van der Waals surface area contributed by atoms with Gasteiger partial charge in [-0.3, -0.25) is 0 Å². The first kappa shape index (κ1) is 15.8. The zero-order valence-corrected chi connectivity index (χ0v) is 13.1. The smallest absolute Gasteiger partial charge is 0.243 e. The van der Waals surface area contributed by atoms with Gasteiger partial charge in [-0.2, -0.15) is 4.31 Å². The van der Waals surface area contributed by atoms with Crippen molar-refractivity contribution < 1.29 is 13.5 Å². The first-order chi connectivity index (χ1) is 9.50. The SMILES string of the molecule is CCCCN(C1CC1)S(=O)(=O)c1ccc(Cl)c(CO)c1. The molecular formula is C14H20ClNO3S. The number of sulfonamides is 1. The van der Waals surface area contributed by atoms with Gasteiger partial charge in [0, 0.05) is 17.6 Å². The highest BCUT2D eigenvalue weighted by molar-refractivity contribution is 7.89. The standard InChI is InChI=1S/C14H20ClNO3S/c1-2-3-8-16(12-4-5-12)20(18,19)13-6-7-14(15)11(9-13)10-17/h6-7,9,12,17H,2-5,8,10H2,1H3. The lowest BCUT2D eigenvalue weighted by Gasteiger charge is -2.22. The second-order valence-corrected chi connectivity index (χ2v) is 7.41. The highest BCUT2D eigenvalue weighted by Gasteiger charge is 2.37. The molecule has 0 aromatic heterocycles. The molecule has 112 valence electrons. The molecular weight excluding hydrogens is 298 g/mol. The molecule has 1 N–H and O–H groups in total. The summed E-state index contributed by atoms with van der Waals surface area (Å²) in [6.07, 6.45) is 3.68. The Morgan fingerprint density at radius 1 is 1.40 bits per heavy atom. The zero-order valence-electron chi connectivity index (χ0n) is 11.5. The Hall–Kier alpha value is -0.620. The number of benzene rings is 1. The van der Waals surface area contributed by atoms with E-state index in [1.54, 1.807) is 4.31 Å². The van der Waals surface area contributed by atoms with E-state index in [9.17, 15) is 13.5 Å². The average Bonchev–Trinajstić information content (AvgIpc) is 3.24. The second kappa shape index (κ2) is 6.43. The van der Waals surface area contributed by atoms with Crippen LogP contribution in [0.2, 0.25) is 5.02 Å². The van der Waals surface area contributed by atoms with Crippen LogP contribution in [0.1, 0.15) is 38.2 Å². The molecule has 4 nitrogen and oxygen atoms in total. The van der Waals surface area contributed by atoms with Crippen molar-refractivity contribution in [3.8, 4) is 0 Å². The Balaban J connectivity index is 2.32. The van der Waals surface area contributed by atoms with Crippen LogP contribution in [-0.2, 0) is 16.6 Å². The van der Waals surface area contributed by atoms with Gasteiger partial charge in [-0.15, -0.1) is 0 Å². The molecule has 0 saturated heterocycles. The van der Waals surface area contributed by atoms with Crippen molar-refractivity contribution in [3.63, 3.8) is 0 Å². The quantitative estimate of drug-likeness (QED) is 0.841. The summed E-state index contributed by atoms with van der Waals surface area (Å²) in [7, 11) is -3.50. The highest BCUT2D eigenvalue weighted by Crippen LogP contribution is 2.33. The lowest BCUT2D eigenvalue weighted by Crippen LogP contribution is -2.34. The van der Waals surface area contributed by atoms with E-state index >= 15 is 0 Å². The maximum absolute atomic E-state index is 12.7. The molecule has 1 aromatic rings. The predicted molar refractivity (Wildman–Crippen MR) is 79.2 cm³/mol. The van der Waals surface area contributed by atoms with Gasteiger partial charge in [0.1, 0.15) is 0 Å². The molecule has 0 heterocycles. The number of unbranched alkanes of at least 4 members (excludes halogenated alkanes) is 1. The van der Waals surface area contributed by atoms with Crippen LogP contribution in [0.3, 0.4) is 0 Å². The third-order valence-corrected chi connectivity index (χ3v) is 5.80. The Morgan fingerprint density at radius 3 is 2.65 bits per heavy atom. The van der Waals surface area contributed by atoms with Gasteiger partial charge >= 0.3 is 0 Å². The van der Waals surface area contributed by atoms with Crippen molar-refractivity contribution >= 4 is 21.6 Å². The molecule has 0 aliphatic heterocycles. The normalized spacial score (nSPS) is 15.8. The summed E-state index contributed by atoms with van der Waals surface area (Å²) in [5.74, 6) is 0. The molecule has 1 saturated carbocycles. The molecule has 0 amide bonds. The van der Waals surface area contributed by atoms with Crippen molar-refractivity contribution in [1.82, 2.24) is 4.31 Å². The minimum absolute atomic E-state index is 0.139. The average molecular weight is 318 g/mol. The first-order valence-corrected chi connectivity index (χ1v) is 8.73. The molecule has 1 fully saturated rings. The number of aliphatic hydroxyl groups excluding tert-OH is 1. The van der Waals surface area contributed by atoms with Crippen LogP contribution < -0.4 is 0 Å². The van der Waals surface area contributed by atoms with E-state index in [4.69, 9.17) is 11.6 Å². The topological polar surface area (TPSA) is 57.6 Å². The van der Waals surface area contributed by atoms with E-state index in [0.29, 0.717) is 17.1 Å². The summed E-state index contributed by atoms with van der Waals surface area (Å²) in [5.41, 5.74) is 0.444. The lowest BCUT2D eigenvalue weighted by atomic mass is 10.2. The van der Waals surface area contributed by atoms with Crippen molar-refractivity contribution in [2.45, 2.75) is 50.2 Å². The van der Waals surface area contributed by atoms with Crippen LogP contribution in [0.25, 0.3) is 0 Å². The number of nitrogens with zero attached hydrogens (tertiary/aromatic N) is 1. The molecule has 0 bridgehead atoms. The van der Waals surface area contributed by atoms with E-state index in [1.807, 2.05) is 6.92 Å². The number of rotatable bonds is 7. The molecule has 20 heavy (non-hydrogen) atoms. The van der Waals surface area contributed by atoms with Crippen molar-refractivity contribution in [3.05, 3.63) is 28.8 Å². The van der Waals surface area contributed by atoms with Crippen LogP contribution in [0.15, 0.2) is 23.1 Å². The van der Waals surface area contributed by atoms with Crippen molar-refractivity contribution in [1.29, 1.82) is 0 Å². The molecule has 1 aliphatic carbocycles. The van der Waals surface area contributed by atoms with Gasteiger partial charge in [0.15, 0.2) is 0 Å². The summed E-state index contributed by atoms with van der Waals surface area (Å²) < 4.78 is 27.0. The molecule has 6 heteroatoms. The summed E-state index contributed by atoms with van der Waals surface area (Å²) in [5, 5.41) is 9.60. The van der Waals surface area contributed by atoms with Crippen LogP contribution >= 0.6 is 11.6 Å². The van der Waals surface area contributed by atoms with Gasteiger partial charge in [0.2, 0.25) is 10.0 Å². The number of hydrogen-bond donors (Lipinski definition) is 1. The largest absolute Gasteiger partial charge is 0.392 e. The van der Waals surface area contributed by atoms with Crippen molar-refractivity contribution in [2.24, 2.45) is 0 Å². The monoisotopic (exact) mass is 317 g/mol. The number of halogens is 1. The maximum Gasteiger partial charge on any atom is 0.243 e. The van der Waals surface area contributed by atoms with E-state index in [1.165, 1.54) is 18.2 Å². The molecule has 0 unspecified atom stereocenters. The summed E-state index contributed by atoms with van der Waals surface area (Å²) in [6.45, 7) is 2.34. The van der Waals surface area contributed by atoms with Gasteiger partial charge in [0.25, 0.3) is 0 Å². The molecule has 0 atom stereocenters. The Kier molecular flexibility index (Phi) is 5.07. The molecule has 0 radical (unpaired) electrons.